The fourth-order valence-corrected chi connectivity index (χ4v) is 2.68. The van der Waals surface area contributed by atoms with Crippen molar-refractivity contribution in [2.75, 3.05) is 23.4 Å². The molecule has 28 heavy (non-hydrogen) atoms. The maximum absolute atomic E-state index is 11.7. The van der Waals surface area contributed by atoms with E-state index in [0.29, 0.717) is 24.9 Å². The molecule has 1 saturated heterocycles. The molecule has 8 nitrogen and oxygen atoms in total. The van der Waals surface area contributed by atoms with Crippen LogP contribution in [0.25, 0.3) is 0 Å². The highest BCUT2D eigenvalue weighted by molar-refractivity contribution is 5.88. The Morgan fingerprint density at radius 2 is 2.07 bits per heavy atom. The Kier molecular flexibility index (Phi) is 8.71. The van der Waals surface area contributed by atoms with Crippen LogP contribution in [0.2, 0.25) is 0 Å². The number of cyclic esters (lactones) is 1. The molecule has 0 bridgehead atoms. The van der Waals surface area contributed by atoms with E-state index in [1.807, 2.05) is 13.0 Å². The molecule has 1 atom stereocenters. The van der Waals surface area contributed by atoms with Gasteiger partial charge in [0.1, 0.15) is 12.4 Å². The summed E-state index contributed by atoms with van der Waals surface area (Å²) in [7, 11) is 0. The van der Waals surface area contributed by atoms with Crippen LogP contribution in [-0.4, -0.2) is 34.4 Å². The van der Waals surface area contributed by atoms with Gasteiger partial charge < -0.3 is 14.6 Å². The first-order chi connectivity index (χ1) is 13.6. The van der Waals surface area contributed by atoms with Crippen LogP contribution >= 0.6 is 0 Å². The minimum absolute atomic E-state index is 0.0615. The second-order valence-electron chi connectivity index (χ2n) is 6.62. The Balaban J connectivity index is 0.000000878. The number of aryl methyl sites for hydroxylation is 1. The highest BCUT2D eigenvalue weighted by Gasteiger charge is 2.25. The molecule has 2 aromatic heterocycles. The molecule has 0 saturated carbocycles. The van der Waals surface area contributed by atoms with Gasteiger partial charge >= 0.3 is 6.09 Å². The van der Waals surface area contributed by atoms with Crippen molar-refractivity contribution in [3.8, 4) is 0 Å². The first-order valence-electron chi connectivity index (χ1n) is 10.1. The minimum atomic E-state index is -0.380. The van der Waals surface area contributed by atoms with E-state index in [1.165, 1.54) is 11.3 Å². The number of anilines is 2. The largest absolute Gasteiger partial charge is 0.447 e. The van der Waals surface area contributed by atoms with Crippen molar-refractivity contribution in [3.63, 3.8) is 0 Å². The number of aromatic nitrogens is 3. The quantitative estimate of drug-likeness (QED) is 0.696. The average molecular weight is 390 g/mol. The molecule has 3 heterocycles. The van der Waals surface area contributed by atoms with E-state index in [4.69, 9.17) is 9.26 Å². The smallest absolute Gasteiger partial charge is 0.415 e. The molecule has 1 unspecified atom stereocenters. The number of nitrogens with zero attached hydrogens (tertiary/aromatic N) is 4. The molecule has 0 radical (unpaired) electrons. The number of ether oxygens (including phenoxy) is 1. The summed E-state index contributed by atoms with van der Waals surface area (Å²) in [5.74, 6) is 1.76. The summed E-state index contributed by atoms with van der Waals surface area (Å²) >= 11 is 0. The van der Waals surface area contributed by atoms with Crippen molar-refractivity contribution < 1.29 is 14.1 Å². The van der Waals surface area contributed by atoms with Gasteiger partial charge in [0.25, 0.3) is 0 Å². The molecule has 1 N–H and O–H groups in total. The maximum atomic E-state index is 11.7. The van der Waals surface area contributed by atoms with Crippen LogP contribution in [0.15, 0.2) is 22.9 Å². The fraction of sp³-hybridized carbons (Fsp3) is 0.600. The molecular weight excluding hydrogens is 358 g/mol. The van der Waals surface area contributed by atoms with Crippen LogP contribution in [0, 0.1) is 0 Å². The molecule has 1 aliphatic rings. The second-order valence-corrected chi connectivity index (χ2v) is 6.62. The Morgan fingerprint density at radius 1 is 1.29 bits per heavy atom. The zero-order valence-electron chi connectivity index (χ0n) is 17.3. The van der Waals surface area contributed by atoms with E-state index in [2.05, 4.69) is 41.2 Å². The van der Waals surface area contributed by atoms with Gasteiger partial charge in [0.15, 0.2) is 5.76 Å². The van der Waals surface area contributed by atoms with Gasteiger partial charge in [-0.3, -0.25) is 4.90 Å². The second kappa shape index (κ2) is 11.3. The number of amides is 1. The number of hydrogen-bond donors (Lipinski definition) is 1. The number of nitrogens with one attached hydrogen (secondary N) is 1. The van der Waals surface area contributed by atoms with E-state index in [9.17, 15) is 4.79 Å². The third kappa shape index (κ3) is 5.94. The average Bonchev–Trinajstić information content (AvgIpc) is 3.35. The van der Waals surface area contributed by atoms with Crippen molar-refractivity contribution in [2.45, 2.75) is 65.8 Å². The topological polar surface area (TPSA) is 93.4 Å². The van der Waals surface area contributed by atoms with Crippen molar-refractivity contribution in [1.82, 2.24) is 15.1 Å². The predicted octanol–water partition coefficient (Wildman–Crippen LogP) is 4.74. The van der Waals surface area contributed by atoms with Crippen molar-refractivity contribution in [1.29, 1.82) is 0 Å². The molecule has 1 fully saturated rings. The van der Waals surface area contributed by atoms with Crippen molar-refractivity contribution in [3.05, 3.63) is 29.8 Å². The summed E-state index contributed by atoms with van der Waals surface area (Å²) in [5.41, 5.74) is 0.924. The first-order valence-corrected chi connectivity index (χ1v) is 10.1. The number of carbonyl (C=O) groups is 1. The van der Waals surface area contributed by atoms with E-state index < -0.39 is 0 Å². The van der Waals surface area contributed by atoms with Crippen molar-refractivity contribution in [2.24, 2.45) is 0 Å². The Labute approximate surface area is 166 Å². The lowest BCUT2D eigenvalue weighted by atomic mass is 10.1. The van der Waals surface area contributed by atoms with E-state index in [0.717, 1.165) is 37.1 Å². The van der Waals surface area contributed by atoms with Crippen LogP contribution in [0.1, 0.15) is 70.9 Å². The standard InChI is InChI=1S/C17H23N5O3.C3H8/c1-3-5-6-13(14-11-12(4-2)21-25-14)19-16-18-8-7-15(20-16)22-9-10-24-17(22)23;1-3-2/h7-8,11,13H,3-6,9-10H2,1-2H3,(H,18,19,20);3H2,1-2H3. The van der Waals surface area contributed by atoms with E-state index in [1.54, 1.807) is 12.3 Å². The third-order valence-electron chi connectivity index (χ3n) is 4.11. The molecule has 0 aromatic carbocycles. The lowest BCUT2D eigenvalue weighted by Crippen LogP contribution is -2.25. The van der Waals surface area contributed by atoms with Crippen LogP contribution in [-0.2, 0) is 11.2 Å². The lowest BCUT2D eigenvalue weighted by molar-refractivity contribution is 0.181. The molecule has 1 amide bonds. The summed E-state index contributed by atoms with van der Waals surface area (Å²) in [6.45, 7) is 9.31. The van der Waals surface area contributed by atoms with E-state index >= 15 is 0 Å². The van der Waals surface area contributed by atoms with Crippen LogP contribution in [0.5, 0.6) is 0 Å². The Morgan fingerprint density at radius 3 is 2.68 bits per heavy atom. The van der Waals surface area contributed by atoms with Gasteiger partial charge in [-0.05, 0) is 18.9 Å². The zero-order valence-corrected chi connectivity index (χ0v) is 17.3. The lowest BCUT2D eigenvalue weighted by Gasteiger charge is -2.17. The summed E-state index contributed by atoms with van der Waals surface area (Å²) in [6.07, 6.45) is 6.33. The van der Waals surface area contributed by atoms with Gasteiger partial charge in [0, 0.05) is 12.3 Å². The Bertz CT molecular complexity index is 734. The van der Waals surface area contributed by atoms with Crippen LogP contribution in [0.3, 0.4) is 0 Å². The molecule has 2 aromatic rings. The molecular formula is C20H31N5O3. The molecule has 0 aliphatic carbocycles. The summed E-state index contributed by atoms with van der Waals surface area (Å²) < 4.78 is 10.4. The van der Waals surface area contributed by atoms with Gasteiger partial charge in [0.2, 0.25) is 5.95 Å². The molecule has 3 rings (SSSR count). The number of unbranched alkanes of at least 4 members (excludes halogenated alkanes) is 1. The SMILES string of the molecule is CCC.CCCCC(Nc1nccc(N2CCOC2=O)n1)c1cc(CC)no1. The van der Waals surface area contributed by atoms with Crippen LogP contribution < -0.4 is 10.2 Å². The van der Waals surface area contributed by atoms with Gasteiger partial charge in [-0.25, -0.2) is 9.78 Å². The summed E-state index contributed by atoms with van der Waals surface area (Å²) in [5, 5.41) is 7.38. The normalized spacial score (nSPS) is 14.3. The number of carbonyl (C=O) groups excluding carboxylic acids is 1. The minimum Gasteiger partial charge on any atom is -0.447 e. The number of hydrogen-bond acceptors (Lipinski definition) is 7. The summed E-state index contributed by atoms with van der Waals surface area (Å²) in [6, 6.07) is 3.60. The van der Waals surface area contributed by atoms with Gasteiger partial charge in [-0.2, -0.15) is 4.98 Å². The molecule has 1 aliphatic heterocycles. The fourth-order valence-electron chi connectivity index (χ4n) is 2.68. The highest BCUT2D eigenvalue weighted by atomic mass is 16.6. The zero-order chi connectivity index (χ0) is 20.4. The highest BCUT2D eigenvalue weighted by Crippen LogP contribution is 2.25. The van der Waals surface area contributed by atoms with Crippen LogP contribution in [0.4, 0.5) is 16.6 Å². The molecule has 8 heteroatoms. The van der Waals surface area contributed by atoms with Gasteiger partial charge in [-0.15, -0.1) is 0 Å². The van der Waals surface area contributed by atoms with E-state index in [-0.39, 0.29) is 12.1 Å². The number of rotatable bonds is 8. The monoisotopic (exact) mass is 389 g/mol. The molecule has 0 spiro atoms. The maximum Gasteiger partial charge on any atom is 0.415 e. The molecule has 154 valence electrons. The first kappa shape index (κ1) is 21.7. The third-order valence-corrected chi connectivity index (χ3v) is 4.11. The van der Waals surface area contributed by atoms with Gasteiger partial charge in [0.05, 0.1) is 18.3 Å². The Hall–Kier alpha value is -2.64. The van der Waals surface area contributed by atoms with Crippen molar-refractivity contribution >= 4 is 17.9 Å². The van der Waals surface area contributed by atoms with Gasteiger partial charge in [-0.1, -0.05) is 52.1 Å². The predicted molar refractivity (Wildman–Crippen MR) is 108 cm³/mol. The summed E-state index contributed by atoms with van der Waals surface area (Å²) in [4.78, 5) is 21.9.